The Morgan fingerprint density at radius 2 is 2.44 bits per heavy atom. The molecule has 0 radical (unpaired) electrons. The second-order valence-corrected chi connectivity index (χ2v) is 3.56. The number of esters is 1. The van der Waals surface area contributed by atoms with E-state index in [9.17, 15) is 9.59 Å². The molecule has 16 heavy (non-hydrogen) atoms. The molecule has 1 amide bonds. The summed E-state index contributed by atoms with van der Waals surface area (Å²) < 4.78 is 9.26. The van der Waals surface area contributed by atoms with E-state index in [1.54, 1.807) is 0 Å². The molecule has 0 N–H and O–H groups in total. The van der Waals surface area contributed by atoms with Gasteiger partial charge in [0, 0.05) is 12.6 Å². The van der Waals surface area contributed by atoms with Crippen molar-refractivity contribution in [3.05, 3.63) is 18.0 Å². The van der Waals surface area contributed by atoms with E-state index in [4.69, 9.17) is 0 Å². The molecule has 6 heteroatoms. The van der Waals surface area contributed by atoms with Crippen LogP contribution < -0.4 is 0 Å². The predicted octanol–water partition coefficient (Wildman–Crippen LogP) is 0.452. The second-order valence-electron chi connectivity index (χ2n) is 3.56. The van der Waals surface area contributed by atoms with Crippen molar-refractivity contribution in [1.29, 1.82) is 0 Å². The third kappa shape index (κ3) is 1.78. The van der Waals surface area contributed by atoms with Crippen molar-refractivity contribution in [2.45, 2.75) is 18.9 Å². The predicted molar refractivity (Wildman–Crippen MR) is 52.6 cm³/mol. The first-order chi connectivity index (χ1) is 7.74. The first kappa shape index (κ1) is 10.7. The quantitative estimate of drug-likeness (QED) is 0.682. The summed E-state index contributed by atoms with van der Waals surface area (Å²) in [4.78, 5) is 24.8. The molecule has 1 saturated heterocycles. The van der Waals surface area contributed by atoms with Gasteiger partial charge < -0.3 is 14.2 Å². The molecule has 1 aromatic heterocycles. The standard InChI is InChI=1S/C10H12N2O4/c1-15-10(14)8-3-2-5-12(8)9(13)7-4-6-16-11-7/h4,6,8H,2-3,5H2,1H3. The number of likely N-dealkylation sites (tertiary alicyclic amines) is 1. The van der Waals surface area contributed by atoms with Crippen LogP contribution in [-0.4, -0.2) is 41.6 Å². The second kappa shape index (κ2) is 4.34. The van der Waals surface area contributed by atoms with Gasteiger partial charge in [-0.25, -0.2) is 4.79 Å². The highest BCUT2D eigenvalue weighted by Gasteiger charge is 2.36. The fourth-order valence-electron chi connectivity index (χ4n) is 1.86. The van der Waals surface area contributed by atoms with E-state index < -0.39 is 6.04 Å². The smallest absolute Gasteiger partial charge is 0.328 e. The normalized spacial score (nSPS) is 19.8. The van der Waals surface area contributed by atoms with E-state index in [1.807, 2.05) is 0 Å². The molecule has 1 fully saturated rings. The van der Waals surface area contributed by atoms with E-state index in [0.717, 1.165) is 6.42 Å². The van der Waals surface area contributed by atoms with Crippen molar-refractivity contribution in [2.75, 3.05) is 13.7 Å². The molecule has 2 rings (SSSR count). The minimum Gasteiger partial charge on any atom is -0.467 e. The van der Waals surface area contributed by atoms with Gasteiger partial charge in [-0.2, -0.15) is 0 Å². The van der Waals surface area contributed by atoms with Crippen LogP contribution in [0, 0.1) is 0 Å². The Hall–Kier alpha value is -1.85. The first-order valence-corrected chi connectivity index (χ1v) is 5.03. The van der Waals surface area contributed by atoms with Gasteiger partial charge in [0.1, 0.15) is 12.3 Å². The Balaban J connectivity index is 2.14. The van der Waals surface area contributed by atoms with Crippen LogP contribution in [0.25, 0.3) is 0 Å². The molecule has 0 saturated carbocycles. The molecule has 1 aliphatic heterocycles. The molecule has 1 aromatic rings. The Bertz CT molecular complexity index is 388. The number of nitrogens with zero attached hydrogens (tertiary/aromatic N) is 2. The highest BCUT2D eigenvalue weighted by atomic mass is 16.5. The molecule has 86 valence electrons. The molecule has 6 nitrogen and oxygen atoms in total. The Morgan fingerprint density at radius 3 is 3.06 bits per heavy atom. The fraction of sp³-hybridized carbons (Fsp3) is 0.500. The number of carbonyl (C=O) groups excluding carboxylic acids is 2. The summed E-state index contributed by atoms with van der Waals surface area (Å²) in [5.74, 6) is -0.670. The average Bonchev–Trinajstić information content (AvgIpc) is 2.97. The monoisotopic (exact) mass is 224 g/mol. The van der Waals surface area contributed by atoms with Crippen molar-refractivity contribution >= 4 is 11.9 Å². The van der Waals surface area contributed by atoms with Crippen molar-refractivity contribution in [3.63, 3.8) is 0 Å². The number of methoxy groups -OCH3 is 1. The molecule has 1 unspecified atom stereocenters. The lowest BCUT2D eigenvalue weighted by Gasteiger charge is -2.21. The molecule has 2 heterocycles. The lowest BCUT2D eigenvalue weighted by molar-refractivity contribution is -0.145. The van der Waals surface area contributed by atoms with Gasteiger partial charge in [0.15, 0.2) is 5.69 Å². The van der Waals surface area contributed by atoms with Crippen LogP contribution in [0.3, 0.4) is 0 Å². The molecule has 0 aliphatic carbocycles. The Morgan fingerprint density at radius 1 is 1.62 bits per heavy atom. The summed E-state index contributed by atoms with van der Waals surface area (Å²) in [5.41, 5.74) is 0.218. The Kier molecular flexibility index (Phi) is 2.89. The third-order valence-corrected chi connectivity index (χ3v) is 2.64. The maximum Gasteiger partial charge on any atom is 0.328 e. The van der Waals surface area contributed by atoms with Crippen molar-refractivity contribution in [3.8, 4) is 0 Å². The Labute approximate surface area is 92.1 Å². The number of ether oxygens (including phenoxy) is 1. The summed E-state index contributed by atoms with van der Waals surface area (Å²) in [6, 6.07) is 0.990. The van der Waals surface area contributed by atoms with Crippen LogP contribution in [-0.2, 0) is 9.53 Å². The number of carbonyl (C=O) groups is 2. The van der Waals surface area contributed by atoms with Crippen molar-refractivity contribution < 1.29 is 18.8 Å². The maximum absolute atomic E-state index is 11.9. The number of hydrogen-bond acceptors (Lipinski definition) is 5. The molecular formula is C10H12N2O4. The number of amides is 1. The SMILES string of the molecule is COC(=O)C1CCCN1C(=O)c1ccon1. The molecular weight excluding hydrogens is 212 g/mol. The lowest BCUT2D eigenvalue weighted by Crippen LogP contribution is -2.41. The van der Waals surface area contributed by atoms with E-state index in [1.165, 1.54) is 24.3 Å². The van der Waals surface area contributed by atoms with Gasteiger partial charge >= 0.3 is 5.97 Å². The molecule has 0 bridgehead atoms. The molecule has 1 aliphatic rings. The largest absolute Gasteiger partial charge is 0.467 e. The lowest BCUT2D eigenvalue weighted by atomic mass is 10.2. The summed E-state index contributed by atoms with van der Waals surface area (Å²) in [6.45, 7) is 0.547. The highest BCUT2D eigenvalue weighted by Crippen LogP contribution is 2.20. The highest BCUT2D eigenvalue weighted by molar-refractivity contribution is 5.95. The van der Waals surface area contributed by atoms with Gasteiger partial charge in [0.2, 0.25) is 0 Å². The van der Waals surface area contributed by atoms with Gasteiger partial charge in [0.25, 0.3) is 5.91 Å². The fourth-order valence-corrected chi connectivity index (χ4v) is 1.86. The number of rotatable bonds is 2. The zero-order valence-corrected chi connectivity index (χ0v) is 8.88. The van der Waals surface area contributed by atoms with Gasteiger partial charge in [-0.05, 0) is 12.8 Å². The van der Waals surface area contributed by atoms with Crippen LogP contribution in [0.5, 0.6) is 0 Å². The van der Waals surface area contributed by atoms with Gasteiger partial charge in [0.05, 0.1) is 7.11 Å². The average molecular weight is 224 g/mol. The number of aromatic nitrogens is 1. The van der Waals surface area contributed by atoms with Crippen LogP contribution in [0.4, 0.5) is 0 Å². The summed E-state index contributed by atoms with van der Waals surface area (Å²) in [7, 11) is 1.32. The molecule has 1 atom stereocenters. The van der Waals surface area contributed by atoms with E-state index in [0.29, 0.717) is 13.0 Å². The van der Waals surface area contributed by atoms with Crippen LogP contribution >= 0.6 is 0 Å². The van der Waals surface area contributed by atoms with Gasteiger partial charge in [-0.1, -0.05) is 5.16 Å². The van der Waals surface area contributed by atoms with Gasteiger partial charge in [-0.3, -0.25) is 4.79 Å². The third-order valence-electron chi connectivity index (χ3n) is 2.64. The number of hydrogen-bond donors (Lipinski definition) is 0. The molecule has 0 aromatic carbocycles. The maximum atomic E-state index is 11.9. The summed E-state index contributed by atoms with van der Waals surface area (Å²) >= 11 is 0. The van der Waals surface area contributed by atoms with Crippen LogP contribution in [0.2, 0.25) is 0 Å². The summed E-state index contributed by atoms with van der Waals surface area (Å²) in [5, 5.41) is 3.56. The first-order valence-electron chi connectivity index (χ1n) is 5.03. The molecule has 0 spiro atoms. The zero-order chi connectivity index (χ0) is 11.5. The summed E-state index contributed by atoms with van der Waals surface area (Å²) in [6.07, 6.45) is 2.76. The minimum absolute atomic E-state index is 0.218. The van der Waals surface area contributed by atoms with E-state index >= 15 is 0 Å². The van der Waals surface area contributed by atoms with Crippen molar-refractivity contribution in [1.82, 2.24) is 10.1 Å². The van der Waals surface area contributed by atoms with Crippen molar-refractivity contribution in [2.24, 2.45) is 0 Å². The van der Waals surface area contributed by atoms with E-state index in [-0.39, 0.29) is 17.6 Å². The van der Waals surface area contributed by atoms with Crippen LogP contribution in [0.15, 0.2) is 16.9 Å². The minimum atomic E-state index is -0.491. The van der Waals surface area contributed by atoms with Gasteiger partial charge in [-0.15, -0.1) is 0 Å². The zero-order valence-electron chi connectivity index (χ0n) is 8.88. The van der Waals surface area contributed by atoms with Crippen LogP contribution in [0.1, 0.15) is 23.3 Å². The van der Waals surface area contributed by atoms with E-state index in [2.05, 4.69) is 14.4 Å². The topological polar surface area (TPSA) is 72.6 Å².